The second kappa shape index (κ2) is 16.9. The number of hydrogen-bond donors (Lipinski definition) is 3. The number of rotatable bonds is 10. The van der Waals surface area contributed by atoms with Crippen molar-refractivity contribution in [2.75, 3.05) is 26.7 Å². The molecule has 16 nitrogen and oxygen atoms in total. The van der Waals surface area contributed by atoms with Crippen molar-refractivity contribution in [1.29, 1.82) is 0 Å². The van der Waals surface area contributed by atoms with E-state index in [0.29, 0.717) is 60.0 Å². The molecule has 0 bridgehead atoms. The molecule has 3 N–H and O–H groups in total. The molecule has 0 aliphatic carbocycles. The monoisotopic (exact) mass is 828 g/mol. The second-order valence-corrected chi connectivity index (χ2v) is 15.2. The number of fused-ring (bicyclic) bond motifs is 1. The van der Waals surface area contributed by atoms with Gasteiger partial charge in [0, 0.05) is 49.9 Å². The number of alkyl halides is 3. The Bertz CT molecular complexity index is 2430. The summed E-state index contributed by atoms with van der Waals surface area (Å²) >= 11 is 0. The third-order valence-corrected chi connectivity index (χ3v) is 10.8. The number of aromatic nitrogens is 6. The number of halogens is 3. The minimum Gasteiger partial charge on any atom is -0.369 e. The molecule has 2 aromatic carbocycles. The second-order valence-electron chi connectivity index (χ2n) is 15.2. The van der Waals surface area contributed by atoms with E-state index in [0.717, 1.165) is 47.2 Å². The third-order valence-electron chi connectivity index (χ3n) is 10.8. The Balaban J connectivity index is 1.01. The number of carbonyl (C=O) groups is 5. The lowest BCUT2D eigenvalue weighted by atomic mass is 10.0. The van der Waals surface area contributed by atoms with Crippen LogP contribution in [0.25, 0.3) is 44.8 Å². The van der Waals surface area contributed by atoms with Gasteiger partial charge in [-0.2, -0.15) is 13.2 Å². The SMILES string of the molecule is CC(=O)NCC(=O)N1CCC[C@H]1c1ncc(-c2ccc3nc(-c4ccc(-c5c[nH]c([C@@H]6CCCN6C(=O)[C@H](C(C)C)N(C)C(=O)OC(=O)C(F)(F)F)n5)cc4)cnc3c2)[nH]1. The first-order valence-corrected chi connectivity index (χ1v) is 19.5. The summed E-state index contributed by atoms with van der Waals surface area (Å²) in [5.41, 5.74) is 5.92. The summed E-state index contributed by atoms with van der Waals surface area (Å²) in [6.45, 7) is 5.55. The van der Waals surface area contributed by atoms with Crippen LogP contribution in [-0.2, 0) is 23.9 Å². The summed E-state index contributed by atoms with van der Waals surface area (Å²) in [5.74, 6) is -2.88. The average Bonchev–Trinajstić information content (AvgIpc) is 4.06. The number of imidazole rings is 2. The number of hydrogen-bond acceptors (Lipinski definition) is 10. The topological polar surface area (TPSA) is 199 Å². The van der Waals surface area contributed by atoms with Crippen LogP contribution < -0.4 is 5.32 Å². The Morgan fingerprint density at radius 1 is 0.867 bits per heavy atom. The van der Waals surface area contributed by atoms with Gasteiger partial charge in [0.2, 0.25) is 17.7 Å². The Hall–Kier alpha value is -6.66. The molecule has 60 heavy (non-hydrogen) atoms. The van der Waals surface area contributed by atoms with E-state index in [1.807, 2.05) is 42.5 Å². The Morgan fingerprint density at radius 2 is 1.52 bits per heavy atom. The van der Waals surface area contributed by atoms with E-state index in [1.54, 1.807) is 42.2 Å². The van der Waals surface area contributed by atoms with Crippen molar-refractivity contribution < 1.29 is 41.9 Å². The van der Waals surface area contributed by atoms with Crippen LogP contribution >= 0.6 is 0 Å². The number of H-pyrrole nitrogens is 2. The molecule has 4 amide bonds. The summed E-state index contributed by atoms with van der Waals surface area (Å²) in [4.78, 5) is 91.1. The normalized spacial score (nSPS) is 17.3. The van der Waals surface area contributed by atoms with Crippen molar-refractivity contribution in [1.82, 2.24) is 49.9 Å². The third kappa shape index (κ3) is 8.69. The van der Waals surface area contributed by atoms with Crippen molar-refractivity contribution in [2.24, 2.45) is 5.92 Å². The van der Waals surface area contributed by atoms with E-state index < -0.39 is 42.1 Å². The van der Waals surface area contributed by atoms with Crippen LogP contribution in [0.15, 0.2) is 61.1 Å². The van der Waals surface area contributed by atoms with E-state index >= 15 is 0 Å². The van der Waals surface area contributed by atoms with Gasteiger partial charge in [-0.3, -0.25) is 24.3 Å². The Labute approximate surface area is 341 Å². The molecule has 0 spiro atoms. The van der Waals surface area contributed by atoms with Gasteiger partial charge in [0.15, 0.2) is 0 Å². The molecule has 0 radical (unpaired) electrons. The number of amides is 4. The largest absolute Gasteiger partial charge is 0.491 e. The zero-order valence-corrected chi connectivity index (χ0v) is 33.2. The van der Waals surface area contributed by atoms with Crippen LogP contribution in [0.4, 0.5) is 18.0 Å². The highest BCUT2D eigenvalue weighted by molar-refractivity contribution is 5.91. The Morgan fingerprint density at radius 3 is 2.18 bits per heavy atom. The van der Waals surface area contributed by atoms with Crippen LogP contribution in [0.1, 0.15) is 70.2 Å². The van der Waals surface area contributed by atoms with Crippen molar-refractivity contribution in [3.05, 3.63) is 72.7 Å². The van der Waals surface area contributed by atoms with E-state index in [1.165, 1.54) is 6.92 Å². The molecule has 2 fully saturated rings. The fraction of sp³-hybridized carbons (Fsp3) is 0.390. The van der Waals surface area contributed by atoms with Crippen LogP contribution in [0.5, 0.6) is 0 Å². The minimum atomic E-state index is -5.36. The number of likely N-dealkylation sites (N-methyl/N-ethyl adjacent to an activating group) is 1. The molecule has 2 aliphatic rings. The minimum absolute atomic E-state index is 0.0518. The predicted octanol–water partition coefficient (Wildman–Crippen LogP) is 5.72. The average molecular weight is 829 g/mol. The maximum absolute atomic E-state index is 13.8. The van der Waals surface area contributed by atoms with Crippen molar-refractivity contribution in [2.45, 2.75) is 70.8 Å². The number of nitrogens with one attached hydrogen (secondary N) is 3. The summed E-state index contributed by atoms with van der Waals surface area (Å²) in [6.07, 6.45) is 1.04. The summed E-state index contributed by atoms with van der Waals surface area (Å²) in [6, 6.07) is 11.5. The van der Waals surface area contributed by atoms with E-state index in [4.69, 9.17) is 15.0 Å². The van der Waals surface area contributed by atoms with Crippen LogP contribution in [-0.4, -0.2) is 113 Å². The molecule has 0 unspecified atom stereocenters. The maximum atomic E-state index is 13.8. The maximum Gasteiger partial charge on any atom is 0.491 e. The number of aromatic amines is 2. The molecule has 5 heterocycles. The molecule has 0 saturated carbocycles. The molecule has 7 rings (SSSR count). The number of likely N-dealkylation sites (tertiary alicyclic amines) is 2. The fourth-order valence-electron chi connectivity index (χ4n) is 7.79. The lowest BCUT2D eigenvalue weighted by Crippen LogP contribution is -2.52. The lowest BCUT2D eigenvalue weighted by molar-refractivity contribution is -0.194. The standard InChI is InChI=1S/C41H43F3N10O6/c1-22(2)35(52(4)40(59)60-39(58)41(42,43)44)38(57)54-16-6-8-33(54)37-47-19-30(50-37)25-11-9-24(10-12-25)29-18-46-28-17-26(13-14-27(28)49-29)31-20-48-36(51-31)32-7-5-15-53(32)34(56)21-45-23(3)55/h9-14,17-20,22,32-33,35H,5-8,15-16,21H2,1-4H3,(H,45,55)(H,47,50)(H,48,51)/t32-,33-,35-/m0/s1. The van der Waals surface area contributed by atoms with E-state index in [9.17, 15) is 37.1 Å². The van der Waals surface area contributed by atoms with Gasteiger partial charge in [0.1, 0.15) is 17.7 Å². The number of carbonyl (C=O) groups excluding carboxylic acids is 5. The van der Waals surface area contributed by atoms with Crippen LogP contribution in [0.3, 0.4) is 0 Å². The molecule has 19 heteroatoms. The number of ether oxygens (including phenoxy) is 1. The van der Waals surface area contributed by atoms with Crippen molar-refractivity contribution >= 4 is 40.8 Å². The first-order valence-electron chi connectivity index (χ1n) is 19.5. The highest BCUT2D eigenvalue weighted by Gasteiger charge is 2.45. The molecule has 2 saturated heterocycles. The van der Waals surface area contributed by atoms with Gasteiger partial charge in [0.25, 0.3) is 0 Å². The quantitative estimate of drug-likeness (QED) is 0.116. The lowest BCUT2D eigenvalue weighted by Gasteiger charge is -2.34. The molecular weight excluding hydrogens is 786 g/mol. The zero-order valence-electron chi connectivity index (χ0n) is 33.2. The summed E-state index contributed by atoms with van der Waals surface area (Å²) in [5, 5.41) is 2.57. The van der Waals surface area contributed by atoms with Crippen LogP contribution in [0, 0.1) is 5.92 Å². The van der Waals surface area contributed by atoms with Gasteiger partial charge in [-0.25, -0.2) is 24.5 Å². The molecule has 5 aromatic rings. The zero-order chi connectivity index (χ0) is 42.9. The molecule has 3 aromatic heterocycles. The van der Waals surface area contributed by atoms with Crippen molar-refractivity contribution in [3.8, 4) is 33.8 Å². The first-order chi connectivity index (χ1) is 28.6. The molecule has 3 atom stereocenters. The Kier molecular flexibility index (Phi) is 11.7. The number of esters is 1. The molecule has 2 aliphatic heterocycles. The number of benzene rings is 2. The van der Waals surface area contributed by atoms with Gasteiger partial charge in [-0.05, 0) is 43.7 Å². The number of nitrogens with zero attached hydrogens (tertiary/aromatic N) is 7. The fourth-order valence-corrected chi connectivity index (χ4v) is 7.79. The summed E-state index contributed by atoms with van der Waals surface area (Å²) < 4.78 is 42.2. The van der Waals surface area contributed by atoms with Crippen LogP contribution in [0.2, 0.25) is 0 Å². The molecular formula is C41H43F3N10O6. The highest BCUT2D eigenvalue weighted by atomic mass is 19.4. The summed E-state index contributed by atoms with van der Waals surface area (Å²) in [7, 11) is 1.13. The van der Waals surface area contributed by atoms with E-state index in [2.05, 4.69) is 25.0 Å². The van der Waals surface area contributed by atoms with Crippen molar-refractivity contribution in [3.63, 3.8) is 0 Å². The van der Waals surface area contributed by atoms with Gasteiger partial charge in [-0.1, -0.05) is 44.2 Å². The van der Waals surface area contributed by atoms with Gasteiger partial charge >= 0.3 is 18.2 Å². The van der Waals surface area contributed by atoms with Gasteiger partial charge < -0.3 is 29.8 Å². The predicted molar refractivity (Wildman–Crippen MR) is 210 cm³/mol. The highest BCUT2D eigenvalue weighted by Crippen LogP contribution is 2.35. The first kappa shape index (κ1) is 41.5. The molecule has 314 valence electrons. The van der Waals surface area contributed by atoms with Gasteiger partial charge in [0.05, 0.1) is 59.1 Å². The van der Waals surface area contributed by atoms with Gasteiger partial charge in [-0.15, -0.1) is 0 Å². The smallest absolute Gasteiger partial charge is 0.369 e. The van der Waals surface area contributed by atoms with E-state index in [-0.39, 0.29) is 24.4 Å².